The zero-order valence-electron chi connectivity index (χ0n) is 16.7. The molecule has 1 N–H and O–H groups in total. The quantitative estimate of drug-likeness (QED) is 0.553. The Morgan fingerprint density at radius 1 is 1.00 bits per heavy atom. The van der Waals surface area contributed by atoms with Gasteiger partial charge in [-0.1, -0.05) is 0 Å². The molecule has 5 heterocycles. The van der Waals surface area contributed by atoms with E-state index in [2.05, 4.69) is 47.3 Å². The van der Waals surface area contributed by atoms with Gasteiger partial charge in [0.05, 0.1) is 15.9 Å². The van der Waals surface area contributed by atoms with Crippen LogP contribution in [0.4, 0.5) is 11.8 Å². The van der Waals surface area contributed by atoms with E-state index in [1.54, 1.807) is 17.7 Å². The Hall–Kier alpha value is -2.94. The van der Waals surface area contributed by atoms with E-state index in [0.29, 0.717) is 6.04 Å². The van der Waals surface area contributed by atoms with Crippen molar-refractivity contribution < 1.29 is 0 Å². The van der Waals surface area contributed by atoms with Crippen LogP contribution in [0.5, 0.6) is 0 Å². The Morgan fingerprint density at radius 2 is 1.76 bits per heavy atom. The lowest BCUT2D eigenvalue weighted by atomic mass is 10.1. The van der Waals surface area contributed by atoms with Gasteiger partial charge in [-0.05, 0) is 44.7 Å². The molecule has 0 amide bonds. The minimum Gasteiger partial charge on any atom is -0.366 e. The summed E-state index contributed by atoms with van der Waals surface area (Å²) in [4.78, 5) is 21.2. The number of thiophene rings is 1. The maximum absolute atomic E-state index is 4.55. The molecule has 0 saturated carbocycles. The third-order valence-electron chi connectivity index (χ3n) is 5.55. The molecule has 1 saturated heterocycles. The number of hydrogen-bond donors (Lipinski definition) is 1. The highest BCUT2D eigenvalue weighted by molar-refractivity contribution is 7.25. The van der Waals surface area contributed by atoms with Crippen LogP contribution in [-0.4, -0.2) is 49.3 Å². The van der Waals surface area contributed by atoms with Gasteiger partial charge >= 0.3 is 0 Å². The van der Waals surface area contributed by atoms with Crippen molar-refractivity contribution in [1.82, 2.24) is 30.1 Å². The van der Waals surface area contributed by atoms with E-state index in [1.807, 2.05) is 26.2 Å². The number of aryl methyl sites for hydroxylation is 3. The normalized spacial score (nSPS) is 15.3. The third-order valence-corrected chi connectivity index (χ3v) is 6.62. The van der Waals surface area contributed by atoms with Crippen LogP contribution >= 0.6 is 11.3 Å². The van der Waals surface area contributed by atoms with E-state index in [0.717, 1.165) is 75.0 Å². The Kier molecular flexibility index (Phi) is 4.46. The highest BCUT2D eigenvalue weighted by Gasteiger charge is 2.23. The summed E-state index contributed by atoms with van der Waals surface area (Å²) in [5.74, 6) is 1.70. The number of hydrogen-bond acceptors (Lipinski definition) is 9. The summed E-state index contributed by atoms with van der Waals surface area (Å²) in [7, 11) is 0. The number of nitrogens with zero attached hydrogens (tertiary/aromatic N) is 7. The first-order chi connectivity index (χ1) is 14.1. The zero-order valence-corrected chi connectivity index (χ0v) is 17.5. The average molecular weight is 407 g/mol. The van der Waals surface area contributed by atoms with E-state index >= 15 is 0 Å². The van der Waals surface area contributed by atoms with E-state index in [-0.39, 0.29) is 0 Å². The van der Waals surface area contributed by atoms with E-state index in [1.165, 1.54) is 0 Å². The fourth-order valence-corrected chi connectivity index (χ4v) is 4.84. The van der Waals surface area contributed by atoms with E-state index in [4.69, 9.17) is 0 Å². The predicted octanol–water partition coefficient (Wildman–Crippen LogP) is 3.43. The van der Waals surface area contributed by atoms with Gasteiger partial charge in [0.15, 0.2) is 0 Å². The maximum atomic E-state index is 4.55. The number of fused-ring (bicyclic) bond motifs is 3. The van der Waals surface area contributed by atoms with Crippen LogP contribution in [-0.2, 0) is 0 Å². The van der Waals surface area contributed by atoms with E-state index in [9.17, 15) is 0 Å². The Morgan fingerprint density at radius 3 is 2.52 bits per heavy atom. The Bertz CT molecular complexity index is 1180. The fourth-order valence-electron chi connectivity index (χ4n) is 3.75. The van der Waals surface area contributed by atoms with Crippen LogP contribution in [0.3, 0.4) is 0 Å². The first-order valence-corrected chi connectivity index (χ1v) is 10.6. The molecular weight excluding hydrogens is 384 g/mol. The highest BCUT2D eigenvalue weighted by Crippen LogP contribution is 2.37. The lowest BCUT2D eigenvalue weighted by Gasteiger charge is -2.32. The molecule has 0 spiro atoms. The number of rotatable bonds is 3. The van der Waals surface area contributed by atoms with Gasteiger partial charge in [0.1, 0.15) is 17.0 Å². The first kappa shape index (κ1) is 18.1. The molecule has 4 aromatic rings. The van der Waals surface area contributed by atoms with Gasteiger partial charge in [-0.2, -0.15) is 5.10 Å². The summed E-state index contributed by atoms with van der Waals surface area (Å²) in [6, 6.07) is 0.355. The lowest BCUT2D eigenvalue weighted by molar-refractivity contribution is 0.519. The number of aromatic nitrogens is 6. The second-order valence-corrected chi connectivity index (χ2v) is 8.56. The van der Waals surface area contributed by atoms with E-state index < -0.39 is 0 Å². The van der Waals surface area contributed by atoms with Gasteiger partial charge in [0.25, 0.3) is 0 Å². The van der Waals surface area contributed by atoms with Crippen LogP contribution in [0.2, 0.25) is 0 Å². The SMILES string of the molecule is Cc1cnc(N2CCC(Nc3ncnc4c3sc3nnc(C)c(C)c34)CC2)nc1. The molecule has 1 fully saturated rings. The van der Waals surface area contributed by atoms with Crippen LogP contribution in [0.25, 0.3) is 20.4 Å². The molecule has 0 aromatic carbocycles. The van der Waals surface area contributed by atoms with Gasteiger partial charge in [-0.3, -0.25) is 0 Å². The molecular formula is C20H22N8S. The van der Waals surface area contributed by atoms with Gasteiger partial charge in [0, 0.05) is 36.9 Å². The summed E-state index contributed by atoms with van der Waals surface area (Å²) in [5.41, 5.74) is 4.12. The molecule has 29 heavy (non-hydrogen) atoms. The van der Waals surface area contributed by atoms with Gasteiger partial charge < -0.3 is 10.2 Å². The van der Waals surface area contributed by atoms with Gasteiger partial charge in [-0.15, -0.1) is 16.4 Å². The van der Waals surface area contributed by atoms with Crippen molar-refractivity contribution in [1.29, 1.82) is 0 Å². The second-order valence-electron chi connectivity index (χ2n) is 7.56. The molecule has 0 radical (unpaired) electrons. The summed E-state index contributed by atoms with van der Waals surface area (Å²) < 4.78 is 1.05. The maximum Gasteiger partial charge on any atom is 0.225 e. The fraction of sp³-hybridized carbons (Fsp3) is 0.400. The average Bonchev–Trinajstić information content (AvgIpc) is 3.12. The molecule has 1 aliphatic rings. The number of nitrogens with one attached hydrogen (secondary N) is 1. The standard InChI is InChI=1S/C20H22N8S/c1-11-8-21-20(22-9-11)28-6-4-14(5-7-28)25-18-17-16(23-10-24-18)15-12(2)13(3)26-27-19(15)29-17/h8-10,14H,4-7H2,1-3H3,(H,23,24,25). The first-order valence-electron chi connectivity index (χ1n) is 9.77. The lowest BCUT2D eigenvalue weighted by Crippen LogP contribution is -2.40. The molecule has 9 heteroatoms. The number of piperidine rings is 1. The topological polar surface area (TPSA) is 92.6 Å². The van der Waals surface area contributed by atoms with Crippen LogP contribution < -0.4 is 10.2 Å². The van der Waals surface area contributed by atoms with Crippen LogP contribution in [0.1, 0.15) is 29.7 Å². The molecule has 0 aliphatic carbocycles. The number of anilines is 2. The van der Waals surface area contributed by atoms with Crippen molar-refractivity contribution in [3.63, 3.8) is 0 Å². The molecule has 148 valence electrons. The molecule has 0 bridgehead atoms. The minimum absolute atomic E-state index is 0.355. The van der Waals surface area contributed by atoms with Crippen molar-refractivity contribution in [3.05, 3.63) is 35.5 Å². The third kappa shape index (κ3) is 3.25. The molecule has 1 aliphatic heterocycles. The van der Waals surface area contributed by atoms with Crippen LogP contribution in [0.15, 0.2) is 18.7 Å². The predicted molar refractivity (Wildman–Crippen MR) is 116 cm³/mol. The van der Waals surface area contributed by atoms with Crippen molar-refractivity contribution in [3.8, 4) is 0 Å². The highest BCUT2D eigenvalue weighted by atomic mass is 32.1. The second kappa shape index (κ2) is 7.14. The largest absolute Gasteiger partial charge is 0.366 e. The summed E-state index contributed by atoms with van der Waals surface area (Å²) >= 11 is 1.61. The Balaban J connectivity index is 1.37. The molecule has 5 rings (SSSR count). The summed E-state index contributed by atoms with van der Waals surface area (Å²) in [6.45, 7) is 7.91. The van der Waals surface area contributed by atoms with Crippen molar-refractivity contribution >= 4 is 43.5 Å². The molecule has 0 atom stereocenters. The van der Waals surface area contributed by atoms with Gasteiger partial charge in [-0.25, -0.2) is 19.9 Å². The zero-order chi connectivity index (χ0) is 20.0. The summed E-state index contributed by atoms with van der Waals surface area (Å²) in [5, 5.41) is 13.4. The van der Waals surface area contributed by atoms with Gasteiger partial charge in [0.2, 0.25) is 5.95 Å². The molecule has 8 nitrogen and oxygen atoms in total. The smallest absolute Gasteiger partial charge is 0.225 e. The van der Waals surface area contributed by atoms with Crippen molar-refractivity contribution in [2.75, 3.05) is 23.3 Å². The van der Waals surface area contributed by atoms with Crippen molar-refractivity contribution in [2.24, 2.45) is 0 Å². The summed E-state index contributed by atoms with van der Waals surface area (Å²) in [6.07, 6.45) is 7.40. The minimum atomic E-state index is 0.355. The molecule has 0 unspecified atom stereocenters. The molecule has 4 aromatic heterocycles. The monoisotopic (exact) mass is 406 g/mol. The van der Waals surface area contributed by atoms with Crippen molar-refractivity contribution in [2.45, 2.75) is 39.7 Å². The Labute approximate surface area is 172 Å². The van der Waals surface area contributed by atoms with Crippen LogP contribution in [0, 0.1) is 20.8 Å².